The van der Waals surface area contributed by atoms with Crippen molar-refractivity contribution in [1.29, 1.82) is 0 Å². The zero-order chi connectivity index (χ0) is 13.8. The number of rotatable bonds is 4. The van der Waals surface area contributed by atoms with E-state index in [0.717, 1.165) is 12.8 Å². The summed E-state index contributed by atoms with van der Waals surface area (Å²) in [4.78, 5) is 11.8. The highest BCUT2D eigenvalue weighted by atomic mass is 19.2. The molecule has 2 rings (SSSR count). The van der Waals surface area contributed by atoms with Crippen molar-refractivity contribution < 1.29 is 18.0 Å². The Hall–Kier alpha value is -1.32. The molecule has 1 aliphatic carbocycles. The van der Waals surface area contributed by atoms with Crippen molar-refractivity contribution >= 4 is 5.78 Å². The monoisotopic (exact) mass is 270 g/mol. The lowest BCUT2D eigenvalue weighted by atomic mass is 9.85. The molecule has 0 N–H and O–H groups in total. The lowest BCUT2D eigenvalue weighted by Crippen LogP contribution is -2.10. The fourth-order valence-electron chi connectivity index (χ4n) is 2.68. The van der Waals surface area contributed by atoms with Gasteiger partial charge in [-0.25, -0.2) is 13.2 Å². The van der Waals surface area contributed by atoms with E-state index in [1.807, 2.05) is 0 Å². The fraction of sp³-hybridized carbons (Fsp3) is 0.533. The maximum absolute atomic E-state index is 13.4. The van der Waals surface area contributed by atoms with Crippen molar-refractivity contribution in [2.75, 3.05) is 0 Å². The molecule has 0 atom stereocenters. The van der Waals surface area contributed by atoms with E-state index >= 15 is 0 Å². The third-order valence-corrected chi connectivity index (χ3v) is 3.81. The van der Waals surface area contributed by atoms with Crippen LogP contribution < -0.4 is 0 Å². The molecule has 0 radical (unpaired) electrons. The van der Waals surface area contributed by atoms with Crippen LogP contribution >= 0.6 is 0 Å². The molecule has 1 aromatic carbocycles. The minimum Gasteiger partial charge on any atom is -0.294 e. The predicted molar refractivity (Wildman–Crippen MR) is 66.5 cm³/mol. The van der Waals surface area contributed by atoms with Gasteiger partial charge in [0.25, 0.3) is 0 Å². The molecule has 0 amide bonds. The number of hydrogen-bond acceptors (Lipinski definition) is 1. The summed E-state index contributed by atoms with van der Waals surface area (Å²) in [6, 6.07) is 1.09. The molecule has 0 bridgehead atoms. The standard InChI is InChI=1S/C15H17F3O/c16-12-9-14(18)13(17)8-11(12)15(19)7-6-10-4-2-1-3-5-10/h8-10H,1-7H2. The zero-order valence-electron chi connectivity index (χ0n) is 10.7. The molecule has 0 unspecified atom stereocenters. The number of carbonyl (C=O) groups is 1. The molecule has 0 heterocycles. The lowest BCUT2D eigenvalue weighted by Gasteiger charge is -2.20. The first-order valence-electron chi connectivity index (χ1n) is 6.75. The Morgan fingerprint density at radius 2 is 1.63 bits per heavy atom. The second-order valence-electron chi connectivity index (χ2n) is 5.21. The number of carbonyl (C=O) groups excluding carboxylic acids is 1. The summed E-state index contributed by atoms with van der Waals surface area (Å²) in [5.74, 6) is -3.36. The van der Waals surface area contributed by atoms with Crippen LogP contribution in [0.2, 0.25) is 0 Å². The molecule has 1 saturated carbocycles. The summed E-state index contributed by atoms with van der Waals surface area (Å²) < 4.78 is 39.2. The Balaban J connectivity index is 1.97. The second kappa shape index (κ2) is 6.22. The van der Waals surface area contributed by atoms with Gasteiger partial charge in [0.15, 0.2) is 17.4 Å². The third-order valence-electron chi connectivity index (χ3n) is 3.81. The van der Waals surface area contributed by atoms with Crippen molar-refractivity contribution in [3.05, 3.63) is 35.1 Å². The molecular weight excluding hydrogens is 253 g/mol. The molecule has 104 valence electrons. The van der Waals surface area contributed by atoms with Gasteiger partial charge in [-0.3, -0.25) is 4.79 Å². The Morgan fingerprint density at radius 3 is 2.32 bits per heavy atom. The molecule has 0 aliphatic heterocycles. The van der Waals surface area contributed by atoms with E-state index in [9.17, 15) is 18.0 Å². The Bertz CT molecular complexity index is 465. The minimum absolute atomic E-state index is 0.201. The number of halogens is 3. The summed E-state index contributed by atoms with van der Waals surface area (Å²) >= 11 is 0. The normalized spacial score (nSPS) is 16.6. The number of ketones is 1. The van der Waals surface area contributed by atoms with Crippen molar-refractivity contribution in [2.24, 2.45) is 5.92 Å². The van der Waals surface area contributed by atoms with E-state index in [2.05, 4.69) is 0 Å². The number of Topliss-reactive ketones (excluding diaryl/α,β-unsaturated/α-hetero) is 1. The van der Waals surface area contributed by atoms with E-state index in [0.29, 0.717) is 24.5 Å². The van der Waals surface area contributed by atoms with Crippen LogP contribution in [0.1, 0.15) is 55.3 Å². The van der Waals surface area contributed by atoms with E-state index in [4.69, 9.17) is 0 Å². The maximum Gasteiger partial charge on any atom is 0.165 e. The summed E-state index contributed by atoms with van der Waals surface area (Å²) in [5, 5.41) is 0. The third kappa shape index (κ3) is 3.58. The quantitative estimate of drug-likeness (QED) is 0.575. The highest BCUT2D eigenvalue weighted by Gasteiger charge is 2.19. The highest BCUT2D eigenvalue weighted by molar-refractivity contribution is 5.96. The molecule has 1 fully saturated rings. The van der Waals surface area contributed by atoms with E-state index < -0.39 is 23.2 Å². The van der Waals surface area contributed by atoms with Crippen molar-refractivity contribution in [1.82, 2.24) is 0 Å². The smallest absolute Gasteiger partial charge is 0.165 e. The molecule has 0 saturated heterocycles. The summed E-state index contributed by atoms with van der Waals surface area (Å²) in [6.45, 7) is 0. The molecule has 1 aromatic rings. The zero-order valence-corrected chi connectivity index (χ0v) is 10.7. The summed E-state index contributed by atoms with van der Waals surface area (Å²) in [5.41, 5.74) is -0.338. The molecular formula is C15H17F3O. The molecule has 4 heteroatoms. The van der Waals surface area contributed by atoms with E-state index in [1.54, 1.807) is 0 Å². The van der Waals surface area contributed by atoms with Crippen LogP contribution in [0.4, 0.5) is 13.2 Å². The highest BCUT2D eigenvalue weighted by Crippen LogP contribution is 2.28. The van der Waals surface area contributed by atoms with Gasteiger partial charge >= 0.3 is 0 Å². The van der Waals surface area contributed by atoms with E-state index in [1.165, 1.54) is 19.3 Å². The second-order valence-corrected chi connectivity index (χ2v) is 5.21. The number of benzene rings is 1. The van der Waals surface area contributed by atoms with Gasteiger partial charge < -0.3 is 0 Å². The van der Waals surface area contributed by atoms with Gasteiger partial charge in [-0.05, 0) is 18.4 Å². The van der Waals surface area contributed by atoms with Crippen molar-refractivity contribution in [2.45, 2.75) is 44.9 Å². The largest absolute Gasteiger partial charge is 0.294 e. The Labute approximate surface area is 110 Å². The van der Waals surface area contributed by atoms with Crippen LogP contribution in [0, 0.1) is 23.4 Å². The lowest BCUT2D eigenvalue weighted by molar-refractivity contribution is 0.0965. The van der Waals surface area contributed by atoms with Gasteiger partial charge in [-0.1, -0.05) is 32.1 Å². The first-order chi connectivity index (χ1) is 9.08. The SMILES string of the molecule is O=C(CCC1CCCCC1)c1cc(F)c(F)cc1F. The summed E-state index contributed by atoms with van der Waals surface area (Å²) in [7, 11) is 0. The van der Waals surface area contributed by atoms with Crippen LogP contribution in [-0.2, 0) is 0 Å². The van der Waals surface area contributed by atoms with Crippen molar-refractivity contribution in [3.63, 3.8) is 0 Å². The van der Waals surface area contributed by atoms with Crippen LogP contribution in [-0.4, -0.2) is 5.78 Å². The van der Waals surface area contributed by atoms with Gasteiger partial charge in [-0.2, -0.15) is 0 Å². The van der Waals surface area contributed by atoms with Crippen LogP contribution in [0.15, 0.2) is 12.1 Å². The fourth-order valence-corrected chi connectivity index (χ4v) is 2.68. The van der Waals surface area contributed by atoms with Gasteiger partial charge in [0.2, 0.25) is 0 Å². The molecule has 0 spiro atoms. The van der Waals surface area contributed by atoms with Crippen molar-refractivity contribution in [3.8, 4) is 0 Å². The summed E-state index contributed by atoms with van der Waals surface area (Å²) in [6.07, 6.45) is 6.71. The molecule has 1 aliphatic rings. The van der Waals surface area contributed by atoms with Crippen LogP contribution in [0.5, 0.6) is 0 Å². The topological polar surface area (TPSA) is 17.1 Å². The van der Waals surface area contributed by atoms with Gasteiger partial charge in [0.1, 0.15) is 5.82 Å². The minimum atomic E-state index is -1.26. The number of hydrogen-bond donors (Lipinski definition) is 0. The Morgan fingerprint density at radius 1 is 1.00 bits per heavy atom. The first kappa shape index (κ1) is 14.1. The van der Waals surface area contributed by atoms with E-state index in [-0.39, 0.29) is 12.0 Å². The van der Waals surface area contributed by atoms with Gasteiger partial charge in [0.05, 0.1) is 5.56 Å². The van der Waals surface area contributed by atoms with Crippen LogP contribution in [0.25, 0.3) is 0 Å². The molecule has 0 aromatic heterocycles. The molecule has 1 nitrogen and oxygen atoms in total. The first-order valence-corrected chi connectivity index (χ1v) is 6.75. The van der Waals surface area contributed by atoms with Crippen LogP contribution in [0.3, 0.4) is 0 Å². The van der Waals surface area contributed by atoms with Gasteiger partial charge in [0, 0.05) is 12.5 Å². The average molecular weight is 270 g/mol. The Kier molecular flexibility index (Phi) is 4.61. The average Bonchev–Trinajstić information content (AvgIpc) is 2.41. The molecule has 19 heavy (non-hydrogen) atoms. The van der Waals surface area contributed by atoms with Gasteiger partial charge in [-0.15, -0.1) is 0 Å². The predicted octanol–water partition coefficient (Wildman–Crippen LogP) is 4.65. The maximum atomic E-state index is 13.4.